The highest BCUT2D eigenvalue weighted by Crippen LogP contribution is 2.36. The van der Waals surface area contributed by atoms with Crippen molar-refractivity contribution in [2.75, 3.05) is 18.8 Å². The van der Waals surface area contributed by atoms with Gasteiger partial charge in [0, 0.05) is 49.7 Å². The summed E-state index contributed by atoms with van der Waals surface area (Å²) in [6.45, 7) is 2.07. The minimum atomic E-state index is -3.31. The molecule has 0 atom stereocenters. The van der Waals surface area contributed by atoms with E-state index in [1.165, 1.54) is 4.31 Å². The smallest absolute Gasteiger partial charge is 0.213 e. The van der Waals surface area contributed by atoms with Gasteiger partial charge in [-0.25, -0.2) is 13.4 Å². The third kappa shape index (κ3) is 3.57. The maximum absolute atomic E-state index is 12.2. The van der Waals surface area contributed by atoms with E-state index < -0.39 is 15.6 Å². The molecule has 0 amide bonds. The Kier molecular flexibility index (Phi) is 4.99. The van der Waals surface area contributed by atoms with E-state index in [1.54, 1.807) is 34.9 Å². The van der Waals surface area contributed by atoms with Gasteiger partial charge < -0.3 is 0 Å². The Hall–Kier alpha value is -3.62. The highest BCUT2D eigenvalue weighted by atomic mass is 32.2. The van der Waals surface area contributed by atoms with Crippen LogP contribution in [0.1, 0.15) is 13.3 Å². The quantitative estimate of drug-likeness (QED) is 0.430. The molecule has 11 heteroatoms. The third-order valence-corrected chi connectivity index (χ3v) is 7.80. The molecule has 4 aromatic rings. The van der Waals surface area contributed by atoms with Gasteiger partial charge in [0.2, 0.25) is 10.0 Å². The van der Waals surface area contributed by atoms with Crippen LogP contribution in [0.4, 0.5) is 0 Å². The van der Waals surface area contributed by atoms with Crippen LogP contribution in [0, 0.1) is 11.3 Å². The Morgan fingerprint density at radius 1 is 1.24 bits per heavy atom. The van der Waals surface area contributed by atoms with E-state index in [1.807, 2.05) is 37.5 Å². The summed E-state index contributed by atoms with van der Waals surface area (Å²) in [5, 5.41) is 19.3. The number of rotatable bonds is 6. The van der Waals surface area contributed by atoms with Crippen molar-refractivity contribution in [3.63, 3.8) is 0 Å². The molecule has 5 heterocycles. The van der Waals surface area contributed by atoms with Crippen molar-refractivity contribution in [2.45, 2.75) is 18.9 Å². The fourth-order valence-electron chi connectivity index (χ4n) is 4.16. The van der Waals surface area contributed by atoms with E-state index in [2.05, 4.69) is 16.2 Å². The molecular formula is C22H22N8O2S. The summed E-state index contributed by atoms with van der Waals surface area (Å²) >= 11 is 0. The number of sulfonamides is 1. The van der Waals surface area contributed by atoms with E-state index in [0.29, 0.717) is 11.4 Å². The maximum Gasteiger partial charge on any atom is 0.213 e. The highest BCUT2D eigenvalue weighted by molar-refractivity contribution is 7.89. The Morgan fingerprint density at radius 3 is 2.76 bits per heavy atom. The van der Waals surface area contributed by atoms with Crippen molar-refractivity contribution < 1.29 is 8.42 Å². The Morgan fingerprint density at radius 2 is 2.06 bits per heavy atom. The van der Waals surface area contributed by atoms with Crippen LogP contribution in [-0.4, -0.2) is 61.1 Å². The normalized spacial score (nSPS) is 15.9. The summed E-state index contributed by atoms with van der Waals surface area (Å²) in [6, 6.07) is 9.76. The molecule has 10 nitrogen and oxygen atoms in total. The van der Waals surface area contributed by atoms with E-state index in [9.17, 15) is 13.7 Å². The predicted molar refractivity (Wildman–Crippen MR) is 122 cm³/mol. The van der Waals surface area contributed by atoms with Gasteiger partial charge in [-0.3, -0.25) is 14.3 Å². The zero-order valence-electron chi connectivity index (χ0n) is 18.2. The molecule has 168 valence electrons. The monoisotopic (exact) mass is 462 g/mol. The lowest BCUT2D eigenvalue weighted by Gasteiger charge is -2.47. The molecule has 0 aromatic carbocycles. The molecule has 0 bridgehead atoms. The molecule has 1 saturated heterocycles. The Balaban J connectivity index is 1.57. The first-order chi connectivity index (χ1) is 15.8. The van der Waals surface area contributed by atoms with Crippen LogP contribution in [0.15, 0.2) is 49.1 Å². The molecule has 4 aromatic heterocycles. The van der Waals surface area contributed by atoms with Crippen LogP contribution in [0.3, 0.4) is 0 Å². The maximum atomic E-state index is 12.2. The molecule has 1 aliphatic rings. The first-order valence-electron chi connectivity index (χ1n) is 10.5. The molecule has 1 aliphatic heterocycles. The zero-order chi connectivity index (χ0) is 23.2. The van der Waals surface area contributed by atoms with E-state index in [0.717, 1.165) is 22.2 Å². The summed E-state index contributed by atoms with van der Waals surface area (Å²) in [5.41, 5.74) is 2.99. The summed E-state index contributed by atoms with van der Waals surface area (Å²) in [5.74, 6) is 0.0318. The molecular weight excluding hydrogens is 440 g/mol. The van der Waals surface area contributed by atoms with Crippen molar-refractivity contribution >= 4 is 20.9 Å². The molecule has 0 saturated carbocycles. The Labute approximate surface area is 191 Å². The number of aryl methyl sites for hydroxylation is 1. The van der Waals surface area contributed by atoms with E-state index >= 15 is 0 Å². The molecule has 1 fully saturated rings. The molecule has 0 unspecified atom stereocenters. The number of aromatic nitrogens is 6. The van der Waals surface area contributed by atoms with Gasteiger partial charge in [0.1, 0.15) is 16.9 Å². The fourth-order valence-corrected chi connectivity index (χ4v) is 5.40. The molecule has 0 radical (unpaired) electrons. The number of nitriles is 1. The topological polar surface area (TPSA) is 123 Å². The van der Waals surface area contributed by atoms with Crippen molar-refractivity contribution in [3.8, 4) is 28.7 Å². The van der Waals surface area contributed by atoms with Gasteiger partial charge in [0.25, 0.3) is 0 Å². The SMILES string of the molecule is CCS(=O)(=O)N1CC(CC#N)(n2ccc(-c3nc(-c4cnn(C)c4)cc4ncccc34)n2)C1. The minimum absolute atomic E-state index is 0.0318. The molecule has 0 aliphatic carbocycles. The summed E-state index contributed by atoms with van der Waals surface area (Å²) in [7, 11) is -1.47. The molecule has 0 spiro atoms. The lowest BCUT2D eigenvalue weighted by atomic mass is 9.89. The highest BCUT2D eigenvalue weighted by Gasteiger charge is 2.49. The second-order valence-electron chi connectivity index (χ2n) is 8.20. The van der Waals surface area contributed by atoms with Crippen LogP contribution < -0.4 is 0 Å². The number of hydrogen-bond acceptors (Lipinski definition) is 7. The second kappa shape index (κ2) is 7.75. The van der Waals surface area contributed by atoms with Gasteiger partial charge in [-0.15, -0.1) is 0 Å². The Bertz CT molecular complexity index is 1490. The van der Waals surface area contributed by atoms with E-state index in [-0.39, 0.29) is 25.3 Å². The van der Waals surface area contributed by atoms with Gasteiger partial charge in [0.15, 0.2) is 0 Å². The number of fused-ring (bicyclic) bond motifs is 1. The summed E-state index contributed by atoms with van der Waals surface area (Å²) in [6.07, 6.45) is 7.33. The number of pyridine rings is 2. The predicted octanol–water partition coefficient (Wildman–Crippen LogP) is 2.17. The summed E-state index contributed by atoms with van der Waals surface area (Å²) in [4.78, 5) is 9.37. The van der Waals surface area contributed by atoms with Crippen molar-refractivity contribution in [3.05, 3.63) is 49.1 Å². The van der Waals surface area contributed by atoms with Crippen molar-refractivity contribution in [1.82, 2.24) is 33.8 Å². The fraction of sp³-hybridized carbons (Fsp3) is 0.318. The van der Waals surface area contributed by atoms with Gasteiger partial charge in [0.05, 0.1) is 35.7 Å². The van der Waals surface area contributed by atoms with Crippen molar-refractivity contribution in [1.29, 1.82) is 5.26 Å². The van der Waals surface area contributed by atoms with Gasteiger partial charge in [-0.05, 0) is 31.2 Å². The molecule has 0 N–H and O–H groups in total. The zero-order valence-corrected chi connectivity index (χ0v) is 19.1. The van der Waals surface area contributed by atoms with Gasteiger partial charge >= 0.3 is 0 Å². The van der Waals surface area contributed by atoms with Crippen LogP contribution in [0.5, 0.6) is 0 Å². The van der Waals surface area contributed by atoms with Gasteiger partial charge in [-0.2, -0.15) is 19.8 Å². The summed E-state index contributed by atoms with van der Waals surface area (Å²) < 4.78 is 29.3. The standard InChI is InChI=1S/C22H22N8O2S/c1-3-33(31,32)29-14-22(15-29,7-8-23)30-10-6-18(27-30)21-17-5-4-9-24-20(17)11-19(26-21)16-12-25-28(2)13-16/h4-6,9-13H,3,7,14-15H2,1-2H3. The van der Waals surface area contributed by atoms with Crippen molar-refractivity contribution in [2.24, 2.45) is 7.05 Å². The first-order valence-corrected chi connectivity index (χ1v) is 12.1. The largest absolute Gasteiger partial charge is 0.275 e. The third-order valence-electron chi connectivity index (χ3n) is 6.03. The van der Waals surface area contributed by atoms with E-state index in [4.69, 9.17) is 10.1 Å². The lowest BCUT2D eigenvalue weighted by molar-refractivity contribution is 0.0721. The van der Waals surface area contributed by atoms with Crippen LogP contribution >= 0.6 is 0 Å². The second-order valence-corrected chi connectivity index (χ2v) is 10.5. The minimum Gasteiger partial charge on any atom is -0.275 e. The first kappa shape index (κ1) is 21.2. The average molecular weight is 463 g/mol. The van der Waals surface area contributed by atoms with Gasteiger partial charge in [-0.1, -0.05) is 0 Å². The lowest BCUT2D eigenvalue weighted by Crippen LogP contribution is -2.64. The number of hydrogen-bond donors (Lipinski definition) is 0. The van der Waals surface area contributed by atoms with Crippen LogP contribution in [0.25, 0.3) is 33.5 Å². The van der Waals surface area contributed by atoms with Crippen LogP contribution in [0.2, 0.25) is 0 Å². The molecule has 33 heavy (non-hydrogen) atoms. The molecule has 5 rings (SSSR count). The van der Waals surface area contributed by atoms with Crippen LogP contribution in [-0.2, 0) is 22.6 Å². The number of nitrogens with zero attached hydrogens (tertiary/aromatic N) is 8. The average Bonchev–Trinajstić information content (AvgIpc) is 3.45.